The third kappa shape index (κ3) is 6.40. The number of hydrogen-bond acceptors (Lipinski definition) is 5. The van der Waals surface area contributed by atoms with Crippen molar-refractivity contribution in [3.8, 4) is 5.88 Å². The number of benzene rings is 2. The number of rotatable bonds is 9. The molecule has 0 saturated heterocycles. The topological polar surface area (TPSA) is 118 Å². The predicted octanol–water partition coefficient (Wildman–Crippen LogP) is 2.41. The van der Waals surface area contributed by atoms with Crippen molar-refractivity contribution in [2.45, 2.75) is 13.1 Å². The molecular formula is C23H21N3O5. The fourth-order valence-electron chi connectivity index (χ4n) is 2.74. The summed E-state index contributed by atoms with van der Waals surface area (Å²) in [7, 11) is 0. The van der Waals surface area contributed by atoms with E-state index in [0.717, 1.165) is 11.1 Å². The molecule has 0 radical (unpaired) electrons. The van der Waals surface area contributed by atoms with E-state index in [2.05, 4.69) is 15.6 Å². The number of hydrogen-bond donors (Lipinski definition) is 3. The molecule has 0 aliphatic carbocycles. The summed E-state index contributed by atoms with van der Waals surface area (Å²) in [5.41, 5.74) is 1.94. The van der Waals surface area contributed by atoms with Crippen LogP contribution in [0, 0.1) is 0 Å². The Morgan fingerprint density at radius 2 is 1.39 bits per heavy atom. The van der Waals surface area contributed by atoms with E-state index in [4.69, 9.17) is 9.84 Å². The lowest BCUT2D eigenvalue weighted by atomic mass is 10.1. The molecule has 0 saturated carbocycles. The molecule has 0 aliphatic heterocycles. The summed E-state index contributed by atoms with van der Waals surface area (Å²) in [5, 5.41) is 14.4. The van der Waals surface area contributed by atoms with Gasteiger partial charge in [0.1, 0.15) is 5.56 Å². The minimum absolute atomic E-state index is 0.0236. The van der Waals surface area contributed by atoms with Crippen LogP contribution in [0.15, 0.2) is 72.9 Å². The molecule has 0 unspecified atom stereocenters. The molecule has 31 heavy (non-hydrogen) atoms. The summed E-state index contributed by atoms with van der Waals surface area (Å²) in [6, 6.07) is 20.0. The Morgan fingerprint density at radius 1 is 0.839 bits per heavy atom. The van der Waals surface area contributed by atoms with Crippen molar-refractivity contribution < 1.29 is 24.2 Å². The summed E-state index contributed by atoms with van der Waals surface area (Å²) in [6.07, 6.45) is 1.24. The van der Waals surface area contributed by atoms with Crippen LogP contribution in [0.25, 0.3) is 0 Å². The molecule has 0 atom stereocenters. The van der Waals surface area contributed by atoms with Gasteiger partial charge in [-0.1, -0.05) is 60.7 Å². The van der Waals surface area contributed by atoms with Crippen LogP contribution in [0.5, 0.6) is 5.88 Å². The lowest BCUT2D eigenvalue weighted by Gasteiger charge is -2.12. The van der Waals surface area contributed by atoms with Gasteiger partial charge < -0.3 is 20.5 Å². The first kappa shape index (κ1) is 21.5. The lowest BCUT2D eigenvalue weighted by molar-refractivity contribution is -0.139. The van der Waals surface area contributed by atoms with E-state index in [-0.39, 0.29) is 23.6 Å². The van der Waals surface area contributed by atoms with Crippen molar-refractivity contribution in [2.24, 2.45) is 0 Å². The average Bonchev–Trinajstić information content (AvgIpc) is 2.81. The largest absolute Gasteiger partial charge is 0.479 e. The normalized spacial score (nSPS) is 10.2. The highest BCUT2D eigenvalue weighted by Gasteiger charge is 2.18. The number of pyridine rings is 1. The molecule has 2 amide bonds. The zero-order valence-electron chi connectivity index (χ0n) is 16.6. The molecule has 2 aromatic carbocycles. The van der Waals surface area contributed by atoms with Crippen molar-refractivity contribution in [3.05, 3.63) is 95.2 Å². The van der Waals surface area contributed by atoms with Gasteiger partial charge in [0.2, 0.25) is 5.88 Å². The van der Waals surface area contributed by atoms with E-state index < -0.39 is 24.4 Å². The molecule has 0 aliphatic rings. The monoisotopic (exact) mass is 419 g/mol. The fraction of sp³-hybridized carbons (Fsp3) is 0.130. The molecule has 3 rings (SSSR count). The molecule has 3 aromatic rings. The number of carbonyl (C=O) groups excluding carboxylic acids is 2. The standard InChI is InChI=1S/C23H21N3O5/c27-20(28)15-31-23-19(22(30)25-13-17-9-5-2-6-10-17)11-18(14-26-23)21(29)24-12-16-7-3-1-4-8-16/h1-11,14H,12-13,15H2,(H,24,29)(H,25,30)(H,27,28). The molecule has 0 fully saturated rings. The van der Waals surface area contributed by atoms with E-state index >= 15 is 0 Å². The molecular weight excluding hydrogens is 398 g/mol. The van der Waals surface area contributed by atoms with Crippen LogP contribution in [0.1, 0.15) is 31.8 Å². The van der Waals surface area contributed by atoms with Gasteiger partial charge in [0, 0.05) is 19.3 Å². The van der Waals surface area contributed by atoms with Gasteiger partial charge in [-0.15, -0.1) is 0 Å². The third-order valence-corrected chi connectivity index (χ3v) is 4.28. The van der Waals surface area contributed by atoms with Crippen LogP contribution >= 0.6 is 0 Å². The maximum atomic E-state index is 12.7. The van der Waals surface area contributed by atoms with E-state index in [1.54, 1.807) is 0 Å². The Balaban J connectivity index is 1.75. The van der Waals surface area contributed by atoms with Crippen molar-refractivity contribution in [1.82, 2.24) is 15.6 Å². The van der Waals surface area contributed by atoms with Crippen LogP contribution in [0.4, 0.5) is 0 Å². The second kappa shape index (κ2) is 10.5. The highest BCUT2D eigenvalue weighted by molar-refractivity contribution is 6.00. The first-order valence-corrected chi connectivity index (χ1v) is 9.52. The Kier molecular flexibility index (Phi) is 7.31. The number of carboxylic acids is 1. The van der Waals surface area contributed by atoms with Gasteiger partial charge in [0.05, 0.1) is 5.56 Å². The number of carboxylic acid groups (broad SMARTS) is 1. The van der Waals surface area contributed by atoms with Gasteiger partial charge in [0.25, 0.3) is 11.8 Å². The maximum absolute atomic E-state index is 12.7. The number of aromatic nitrogens is 1. The van der Waals surface area contributed by atoms with Crippen molar-refractivity contribution in [1.29, 1.82) is 0 Å². The minimum Gasteiger partial charge on any atom is -0.479 e. The number of carbonyl (C=O) groups is 3. The van der Waals surface area contributed by atoms with Crippen LogP contribution in [-0.2, 0) is 17.9 Å². The molecule has 8 heteroatoms. The molecule has 8 nitrogen and oxygen atoms in total. The van der Waals surface area contributed by atoms with Gasteiger partial charge in [0.15, 0.2) is 6.61 Å². The number of amides is 2. The fourth-order valence-corrected chi connectivity index (χ4v) is 2.74. The molecule has 0 spiro atoms. The predicted molar refractivity (Wildman–Crippen MR) is 113 cm³/mol. The van der Waals surface area contributed by atoms with Crippen LogP contribution in [-0.4, -0.2) is 34.5 Å². The van der Waals surface area contributed by atoms with Crippen molar-refractivity contribution in [2.75, 3.05) is 6.61 Å². The summed E-state index contributed by atoms with van der Waals surface area (Å²) in [6.45, 7) is -0.0968. The van der Waals surface area contributed by atoms with Crippen LogP contribution in [0.3, 0.4) is 0 Å². The van der Waals surface area contributed by atoms with Gasteiger partial charge in [-0.2, -0.15) is 0 Å². The van der Waals surface area contributed by atoms with Gasteiger partial charge in [-0.3, -0.25) is 9.59 Å². The highest BCUT2D eigenvalue weighted by Crippen LogP contribution is 2.17. The first-order valence-electron chi connectivity index (χ1n) is 9.52. The minimum atomic E-state index is -1.21. The summed E-state index contributed by atoms with van der Waals surface area (Å²) >= 11 is 0. The second-order valence-corrected chi connectivity index (χ2v) is 6.60. The Bertz CT molecular complexity index is 1060. The smallest absolute Gasteiger partial charge is 0.341 e. The molecule has 158 valence electrons. The van der Waals surface area contributed by atoms with Gasteiger partial charge in [-0.25, -0.2) is 9.78 Å². The summed E-state index contributed by atoms with van der Waals surface area (Å²) in [4.78, 5) is 40.1. The SMILES string of the molecule is O=C(O)COc1ncc(C(=O)NCc2ccccc2)cc1C(=O)NCc1ccccc1. The first-order chi connectivity index (χ1) is 15.0. The van der Waals surface area contributed by atoms with E-state index in [9.17, 15) is 14.4 Å². The Morgan fingerprint density at radius 3 is 1.94 bits per heavy atom. The molecule has 1 aromatic heterocycles. The summed E-state index contributed by atoms with van der Waals surface area (Å²) < 4.78 is 5.13. The maximum Gasteiger partial charge on any atom is 0.341 e. The third-order valence-electron chi connectivity index (χ3n) is 4.28. The van der Waals surface area contributed by atoms with E-state index in [1.807, 2.05) is 60.7 Å². The lowest BCUT2D eigenvalue weighted by Crippen LogP contribution is -2.27. The Hall–Kier alpha value is -4.20. The number of aliphatic carboxylic acids is 1. The quantitative estimate of drug-likeness (QED) is 0.490. The van der Waals surface area contributed by atoms with E-state index in [1.165, 1.54) is 12.3 Å². The second-order valence-electron chi connectivity index (χ2n) is 6.60. The molecule has 3 N–H and O–H groups in total. The van der Waals surface area contributed by atoms with Crippen LogP contribution < -0.4 is 15.4 Å². The number of ether oxygens (including phenoxy) is 1. The van der Waals surface area contributed by atoms with E-state index in [0.29, 0.717) is 6.54 Å². The Labute approximate surface area is 178 Å². The van der Waals surface area contributed by atoms with Gasteiger partial charge in [-0.05, 0) is 17.2 Å². The average molecular weight is 419 g/mol. The van der Waals surface area contributed by atoms with Gasteiger partial charge >= 0.3 is 5.97 Å². The zero-order valence-corrected chi connectivity index (χ0v) is 16.6. The highest BCUT2D eigenvalue weighted by atomic mass is 16.5. The summed E-state index contributed by atoms with van der Waals surface area (Å²) in [5.74, 6) is -2.32. The number of nitrogens with one attached hydrogen (secondary N) is 2. The van der Waals surface area contributed by atoms with Crippen LogP contribution in [0.2, 0.25) is 0 Å². The molecule has 0 bridgehead atoms. The zero-order chi connectivity index (χ0) is 22.1. The molecule has 1 heterocycles. The van der Waals surface area contributed by atoms with Crippen molar-refractivity contribution >= 4 is 17.8 Å². The number of nitrogens with zero attached hydrogens (tertiary/aromatic N) is 1. The van der Waals surface area contributed by atoms with Crippen molar-refractivity contribution in [3.63, 3.8) is 0 Å².